The second-order valence-corrected chi connectivity index (χ2v) is 6.19. The first-order chi connectivity index (χ1) is 9.44. The third-order valence-electron chi connectivity index (χ3n) is 3.79. The first-order valence-corrected chi connectivity index (χ1v) is 7.26. The molecule has 1 N–H and O–H groups in total. The summed E-state index contributed by atoms with van der Waals surface area (Å²) in [5.41, 5.74) is 0.896. The van der Waals surface area contributed by atoms with Crippen LogP contribution in [-0.2, 0) is 0 Å². The van der Waals surface area contributed by atoms with Gasteiger partial charge in [0.2, 0.25) is 0 Å². The largest absolute Gasteiger partial charge is 0.382 e. The van der Waals surface area contributed by atoms with Crippen LogP contribution in [0.15, 0.2) is 18.2 Å². The third-order valence-corrected chi connectivity index (χ3v) is 3.79. The fourth-order valence-electron chi connectivity index (χ4n) is 2.83. The topological polar surface area (TPSA) is 32.3 Å². The van der Waals surface area contributed by atoms with Gasteiger partial charge in [0, 0.05) is 19.6 Å². The van der Waals surface area contributed by atoms with Crippen LogP contribution >= 0.6 is 0 Å². The highest BCUT2D eigenvalue weighted by Gasteiger charge is 2.30. The summed E-state index contributed by atoms with van der Waals surface area (Å²) in [6, 6.07) is 4.68. The molecule has 110 valence electrons. The van der Waals surface area contributed by atoms with Crippen LogP contribution in [0.3, 0.4) is 0 Å². The molecule has 0 aliphatic carbocycles. The number of amides is 1. The molecule has 0 bridgehead atoms. The van der Waals surface area contributed by atoms with Crippen molar-refractivity contribution < 1.29 is 9.18 Å². The van der Waals surface area contributed by atoms with Crippen LogP contribution < -0.4 is 5.32 Å². The van der Waals surface area contributed by atoms with E-state index in [-0.39, 0.29) is 17.1 Å². The fourth-order valence-corrected chi connectivity index (χ4v) is 2.83. The molecule has 1 fully saturated rings. The van der Waals surface area contributed by atoms with E-state index in [1.807, 2.05) is 11.8 Å². The number of likely N-dealkylation sites (tertiary alicyclic amines) is 1. The van der Waals surface area contributed by atoms with Gasteiger partial charge in [0.25, 0.3) is 5.91 Å². The Kier molecular flexibility index (Phi) is 4.31. The lowest BCUT2D eigenvalue weighted by Gasteiger charge is -2.38. The molecule has 1 aliphatic heterocycles. The quantitative estimate of drug-likeness (QED) is 0.917. The van der Waals surface area contributed by atoms with Crippen LogP contribution in [0.5, 0.6) is 0 Å². The number of piperidine rings is 1. The molecule has 0 aromatic heterocycles. The van der Waals surface area contributed by atoms with Crippen LogP contribution in [-0.4, -0.2) is 30.4 Å². The van der Waals surface area contributed by atoms with E-state index in [2.05, 4.69) is 19.2 Å². The van der Waals surface area contributed by atoms with Gasteiger partial charge in [-0.3, -0.25) is 4.79 Å². The summed E-state index contributed by atoms with van der Waals surface area (Å²) in [5, 5.41) is 2.96. The van der Waals surface area contributed by atoms with Gasteiger partial charge in [-0.2, -0.15) is 0 Å². The highest BCUT2D eigenvalue weighted by molar-refractivity contribution is 5.99. The van der Waals surface area contributed by atoms with Crippen molar-refractivity contribution in [3.63, 3.8) is 0 Å². The van der Waals surface area contributed by atoms with Crippen molar-refractivity contribution in [3.05, 3.63) is 29.6 Å². The highest BCUT2D eigenvalue weighted by Crippen LogP contribution is 2.30. The lowest BCUT2D eigenvalue weighted by Crippen LogP contribution is -2.43. The number of anilines is 1. The molecule has 1 heterocycles. The minimum atomic E-state index is -0.367. The van der Waals surface area contributed by atoms with Crippen LogP contribution in [0.25, 0.3) is 0 Å². The van der Waals surface area contributed by atoms with Gasteiger partial charge in [0.15, 0.2) is 0 Å². The van der Waals surface area contributed by atoms with E-state index in [9.17, 15) is 9.18 Å². The van der Waals surface area contributed by atoms with Crippen LogP contribution in [0.1, 0.15) is 44.0 Å². The molecule has 1 aromatic rings. The van der Waals surface area contributed by atoms with E-state index in [0.717, 1.165) is 25.9 Å². The zero-order chi connectivity index (χ0) is 14.8. The molecule has 0 radical (unpaired) electrons. The average molecular weight is 278 g/mol. The summed E-state index contributed by atoms with van der Waals surface area (Å²) in [4.78, 5) is 14.5. The Balaban J connectivity index is 2.27. The molecule has 0 atom stereocenters. The molecule has 0 unspecified atom stereocenters. The summed E-state index contributed by atoms with van der Waals surface area (Å²) >= 11 is 0. The Hall–Kier alpha value is -1.58. The average Bonchev–Trinajstić information content (AvgIpc) is 2.39. The Morgan fingerprint density at radius 2 is 2.20 bits per heavy atom. The lowest BCUT2D eigenvalue weighted by atomic mass is 9.84. The van der Waals surface area contributed by atoms with E-state index < -0.39 is 0 Å². The number of para-hydroxylation sites is 1. The van der Waals surface area contributed by atoms with Crippen molar-refractivity contribution in [3.8, 4) is 0 Å². The van der Waals surface area contributed by atoms with Gasteiger partial charge in [-0.1, -0.05) is 19.9 Å². The monoisotopic (exact) mass is 278 g/mol. The number of hydrogen-bond acceptors (Lipinski definition) is 2. The first kappa shape index (κ1) is 14.8. The van der Waals surface area contributed by atoms with Crippen molar-refractivity contribution in [2.24, 2.45) is 5.41 Å². The van der Waals surface area contributed by atoms with Gasteiger partial charge in [-0.05, 0) is 37.3 Å². The van der Waals surface area contributed by atoms with Gasteiger partial charge in [0.05, 0.1) is 11.3 Å². The van der Waals surface area contributed by atoms with E-state index in [4.69, 9.17) is 0 Å². The number of nitrogens with zero attached hydrogens (tertiary/aromatic N) is 1. The van der Waals surface area contributed by atoms with E-state index in [1.165, 1.54) is 6.07 Å². The van der Waals surface area contributed by atoms with Crippen molar-refractivity contribution >= 4 is 11.6 Å². The van der Waals surface area contributed by atoms with Crippen LogP contribution in [0.2, 0.25) is 0 Å². The zero-order valence-corrected chi connectivity index (χ0v) is 12.5. The maximum Gasteiger partial charge on any atom is 0.256 e. The molecule has 4 heteroatoms. The van der Waals surface area contributed by atoms with Crippen molar-refractivity contribution in [1.29, 1.82) is 0 Å². The molecule has 1 aliphatic rings. The van der Waals surface area contributed by atoms with Gasteiger partial charge in [0.1, 0.15) is 5.82 Å². The van der Waals surface area contributed by atoms with Gasteiger partial charge in [-0.15, -0.1) is 0 Å². The lowest BCUT2D eigenvalue weighted by molar-refractivity contribution is 0.0584. The predicted molar refractivity (Wildman–Crippen MR) is 79.5 cm³/mol. The molecule has 1 amide bonds. The summed E-state index contributed by atoms with van der Waals surface area (Å²) in [5.74, 6) is -0.442. The zero-order valence-electron chi connectivity index (χ0n) is 12.5. The fraction of sp³-hybridized carbons (Fsp3) is 0.562. The number of carbonyl (C=O) groups is 1. The molecule has 20 heavy (non-hydrogen) atoms. The van der Waals surface area contributed by atoms with Crippen LogP contribution in [0, 0.1) is 11.2 Å². The number of hydrogen-bond donors (Lipinski definition) is 1. The summed E-state index contributed by atoms with van der Waals surface area (Å²) in [6.07, 6.45) is 2.13. The molecule has 1 aromatic carbocycles. The van der Waals surface area contributed by atoms with Crippen molar-refractivity contribution in [2.45, 2.75) is 33.6 Å². The number of rotatable bonds is 3. The molecular formula is C16H23FN2O. The summed E-state index contributed by atoms with van der Waals surface area (Å²) in [6.45, 7) is 8.31. The molecule has 0 spiro atoms. The Morgan fingerprint density at radius 3 is 2.85 bits per heavy atom. The molecular weight excluding hydrogens is 255 g/mol. The van der Waals surface area contributed by atoms with E-state index in [0.29, 0.717) is 17.8 Å². The molecule has 3 nitrogen and oxygen atoms in total. The predicted octanol–water partition coefficient (Wildman–Crippen LogP) is 3.52. The second-order valence-electron chi connectivity index (χ2n) is 6.19. The van der Waals surface area contributed by atoms with Gasteiger partial charge < -0.3 is 10.2 Å². The minimum absolute atomic E-state index is 0.0757. The number of halogens is 1. The molecule has 1 saturated heterocycles. The number of benzene rings is 1. The van der Waals surface area contributed by atoms with Gasteiger partial charge >= 0.3 is 0 Å². The normalized spacial score (nSPS) is 17.9. The third kappa shape index (κ3) is 3.11. The van der Waals surface area contributed by atoms with Crippen molar-refractivity contribution in [1.82, 2.24) is 4.90 Å². The molecule has 0 saturated carbocycles. The maximum atomic E-state index is 13.9. The molecule has 2 rings (SSSR count). The standard InChI is InChI=1S/C16H23FN2O/c1-4-18-14-12(7-5-8-13(14)17)15(20)19-10-6-9-16(2,3)11-19/h5,7-8,18H,4,6,9-11H2,1-3H3. The Morgan fingerprint density at radius 1 is 1.45 bits per heavy atom. The smallest absolute Gasteiger partial charge is 0.256 e. The van der Waals surface area contributed by atoms with Crippen molar-refractivity contribution in [2.75, 3.05) is 25.0 Å². The summed E-state index contributed by atoms with van der Waals surface area (Å²) < 4.78 is 13.9. The number of nitrogens with one attached hydrogen (secondary N) is 1. The Labute approximate surface area is 120 Å². The summed E-state index contributed by atoms with van der Waals surface area (Å²) in [7, 11) is 0. The Bertz CT molecular complexity index is 499. The highest BCUT2D eigenvalue weighted by atomic mass is 19.1. The van der Waals surface area contributed by atoms with Gasteiger partial charge in [-0.25, -0.2) is 4.39 Å². The maximum absolute atomic E-state index is 13.9. The van der Waals surface area contributed by atoms with Crippen LogP contribution in [0.4, 0.5) is 10.1 Å². The van der Waals surface area contributed by atoms with E-state index >= 15 is 0 Å². The minimum Gasteiger partial charge on any atom is -0.382 e. The van der Waals surface area contributed by atoms with E-state index in [1.54, 1.807) is 12.1 Å². The second kappa shape index (κ2) is 5.81. The first-order valence-electron chi connectivity index (χ1n) is 7.26. The number of carbonyl (C=O) groups excluding carboxylic acids is 1. The SMILES string of the molecule is CCNc1c(F)cccc1C(=O)N1CCCC(C)(C)C1.